The minimum absolute atomic E-state index is 0.0769. The molecule has 2 heteroatoms. The van der Waals surface area contributed by atoms with E-state index in [-0.39, 0.29) is 5.78 Å². The van der Waals surface area contributed by atoms with Crippen molar-refractivity contribution >= 4 is 11.5 Å². The lowest BCUT2D eigenvalue weighted by Crippen LogP contribution is -2.09. The summed E-state index contributed by atoms with van der Waals surface area (Å²) in [7, 11) is 3.91. The lowest BCUT2D eigenvalue weighted by atomic mass is 10.1. The topological polar surface area (TPSA) is 20.3 Å². The molecule has 1 aromatic rings. The van der Waals surface area contributed by atoms with Crippen molar-refractivity contribution in [2.24, 2.45) is 0 Å². The lowest BCUT2D eigenvalue weighted by Gasteiger charge is -2.12. The highest BCUT2D eigenvalue weighted by atomic mass is 16.1. The van der Waals surface area contributed by atoms with Gasteiger partial charge in [0.1, 0.15) is 0 Å². The molecule has 0 N–H and O–H groups in total. The molecule has 1 aromatic carbocycles. The van der Waals surface area contributed by atoms with E-state index in [1.807, 2.05) is 43.3 Å². The van der Waals surface area contributed by atoms with Crippen LogP contribution in [0.5, 0.6) is 0 Å². The predicted octanol–water partition coefficient (Wildman–Crippen LogP) is 2.35. The molecule has 1 rings (SSSR count). The maximum absolute atomic E-state index is 11.7. The Morgan fingerprint density at radius 2 is 2.13 bits per heavy atom. The van der Waals surface area contributed by atoms with E-state index in [1.54, 1.807) is 6.92 Å². The third-order valence-corrected chi connectivity index (χ3v) is 2.11. The van der Waals surface area contributed by atoms with Crippen LogP contribution in [-0.4, -0.2) is 19.9 Å². The van der Waals surface area contributed by atoms with Gasteiger partial charge in [0.25, 0.3) is 0 Å². The highest BCUT2D eigenvalue weighted by Gasteiger charge is 2.05. The molecule has 0 radical (unpaired) electrons. The van der Waals surface area contributed by atoms with Crippen molar-refractivity contribution in [3.8, 4) is 11.8 Å². The zero-order valence-electron chi connectivity index (χ0n) is 9.37. The highest BCUT2D eigenvalue weighted by molar-refractivity contribution is 5.98. The Morgan fingerprint density at radius 1 is 1.40 bits per heavy atom. The van der Waals surface area contributed by atoms with Crippen LogP contribution in [0.25, 0.3) is 0 Å². The van der Waals surface area contributed by atoms with Gasteiger partial charge >= 0.3 is 0 Å². The van der Waals surface area contributed by atoms with Crippen LogP contribution >= 0.6 is 0 Å². The Bertz CT molecular complexity index is 410. The third-order valence-electron chi connectivity index (χ3n) is 2.11. The van der Waals surface area contributed by atoms with E-state index in [9.17, 15) is 4.79 Å². The average Bonchev–Trinajstić information content (AvgIpc) is 2.26. The van der Waals surface area contributed by atoms with E-state index in [1.165, 1.54) is 0 Å². The predicted molar refractivity (Wildman–Crippen MR) is 63.2 cm³/mol. The molecule has 0 aliphatic carbocycles. The average molecular weight is 201 g/mol. The summed E-state index contributed by atoms with van der Waals surface area (Å²) < 4.78 is 0. The molecule has 0 aliphatic rings. The van der Waals surface area contributed by atoms with E-state index in [0.717, 1.165) is 11.3 Å². The smallest absolute Gasteiger partial charge is 0.174 e. The third kappa shape index (κ3) is 3.14. The summed E-state index contributed by atoms with van der Waals surface area (Å²) in [4.78, 5) is 13.6. The maximum Gasteiger partial charge on any atom is 0.174 e. The summed E-state index contributed by atoms with van der Waals surface area (Å²) in [6.07, 6.45) is 0.299. The molecular formula is C13H15NO. The Hall–Kier alpha value is -1.75. The number of Topliss-reactive ketones (excluding diaryl/α,β-unsaturated/α-hetero) is 1. The Kier molecular flexibility index (Phi) is 3.93. The number of benzene rings is 1. The number of hydrogen-bond acceptors (Lipinski definition) is 2. The molecule has 0 aromatic heterocycles. The fourth-order valence-corrected chi connectivity index (χ4v) is 1.23. The van der Waals surface area contributed by atoms with Crippen molar-refractivity contribution in [2.45, 2.75) is 13.3 Å². The van der Waals surface area contributed by atoms with E-state index in [2.05, 4.69) is 11.8 Å². The van der Waals surface area contributed by atoms with Crippen molar-refractivity contribution in [1.82, 2.24) is 0 Å². The lowest BCUT2D eigenvalue weighted by molar-refractivity contribution is 0.0998. The molecular weight excluding hydrogens is 186 g/mol. The van der Waals surface area contributed by atoms with Gasteiger partial charge < -0.3 is 4.90 Å². The molecule has 0 aliphatic heterocycles. The van der Waals surface area contributed by atoms with Gasteiger partial charge in [0, 0.05) is 25.3 Å². The van der Waals surface area contributed by atoms with Crippen LogP contribution < -0.4 is 4.90 Å². The molecule has 78 valence electrons. The fraction of sp³-hybridized carbons (Fsp3) is 0.308. The monoisotopic (exact) mass is 201 g/mol. The molecule has 0 atom stereocenters. The molecule has 0 unspecified atom stereocenters. The summed E-state index contributed by atoms with van der Waals surface area (Å²) in [6.45, 7) is 1.74. The maximum atomic E-state index is 11.7. The first kappa shape index (κ1) is 11.3. The van der Waals surface area contributed by atoms with Crippen LogP contribution in [0, 0.1) is 11.8 Å². The molecule has 0 saturated carbocycles. The minimum atomic E-state index is 0.0769. The van der Waals surface area contributed by atoms with Crippen LogP contribution in [0.3, 0.4) is 0 Å². The Morgan fingerprint density at radius 3 is 2.73 bits per heavy atom. The normalized spacial score (nSPS) is 9.00. The van der Waals surface area contributed by atoms with Crippen LogP contribution in [0.2, 0.25) is 0 Å². The standard InChI is InChI=1S/C13H15NO/c1-4-5-9-13(15)11-7-6-8-12(10-11)14(2)3/h6-8,10H,9H2,1-3H3. The van der Waals surface area contributed by atoms with Crippen LogP contribution in [0.1, 0.15) is 23.7 Å². The van der Waals surface area contributed by atoms with Crippen molar-refractivity contribution in [2.75, 3.05) is 19.0 Å². The Labute approximate surface area is 90.9 Å². The molecule has 15 heavy (non-hydrogen) atoms. The van der Waals surface area contributed by atoms with Gasteiger partial charge in [0.15, 0.2) is 5.78 Å². The number of rotatable bonds is 3. The highest BCUT2D eigenvalue weighted by Crippen LogP contribution is 2.14. The van der Waals surface area contributed by atoms with E-state index in [0.29, 0.717) is 6.42 Å². The fourth-order valence-electron chi connectivity index (χ4n) is 1.23. The first-order chi connectivity index (χ1) is 7.15. The Balaban J connectivity index is 2.88. The number of hydrogen-bond donors (Lipinski definition) is 0. The number of nitrogens with zero attached hydrogens (tertiary/aromatic N) is 1. The van der Waals surface area contributed by atoms with Crippen LogP contribution in [-0.2, 0) is 0 Å². The molecule has 0 fully saturated rings. The van der Waals surface area contributed by atoms with Gasteiger partial charge in [-0.1, -0.05) is 18.1 Å². The summed E-state index contributed by atoms with van der Waals surface area (Å²) in [5.41, 5.74) is 1.76. The minimum Gasteiger partial charge on any atom is -0.378 e. The van der Waals surface area contributed by atoms with Gasteiger partial charge in [-0.3, -0.25) is 4.79 Å². The zero-order valence-corrected chi connectivity index (χ0v) is 9.37. The van der Waals surface area contributed by atoms with E-state index >= 15 is 0 Å². The first-order valence-corrected chi connectivity index (χ1v) is 4.85. The SMILES string of the molecule is CC#CCC(=O)c1cccc(N(C)C)c1. The molecule has 0 heterocycles. The number of carbonyl (C=O) groups excluding carboxylic acids is 1. The van der Waals surface area contributed by atoms with Gasteiger partial charge in [0.05, 0.1) is 6.42 Å². The number of anilines is 1. The van der Waals surface area contributed by atoms with Crippen molar-refractivity contribution in [1.29, 1.82) is 0 Å². The van der Waals surface area contributed by atoms with Gasteiger partial charge in [-0.05, 0) is 19.1 Å². The van der Waals surface area contributed by atoms with Gasteiger partial charge in [-0.2, -0.15) is 0 Å². The summed E-state index contributed by atoms with van der Waals surface area (Å²) in [5.74, 6) is 5.58. The quantitative estimate of drug-likeness (QED) is 0.552. The molecule has 0 amide bonds. The van der Waals surface area contributed by atoms with Gasteiger partial charge in [-0.15, -0.1) is 5.92 Å². The summed E-state index contributed by atoms with van der Waals surface area (Å²) >= 11 is 0. The van der Waals surface area contributed by atoms with E-state index in [4.69, 9.17) is 0 Å². The van der Waals surface area contributed by atoms with Crippen molar-refractivity contribution < 1.29 is 4.79 Å². The molecule has 2 nitrogen and oxygen atoms in total. The van der Waals surface area contributed by atoms with Crippen molar-refractivity contribution in [3.63, 3.8) is 0 Å². The van der Waals surface area contributed by atoms with Crippen LogP contribution in [0.15, 0.2) is 24.3 Å². The molecule has 0 spiro atoms. The molecule has 0 saturated heterocycles. The summed E-state index contributed by atoms with van der Waals surface area (Å²) in [5, 5.41) is 0. The largest absolute Gasteiger partial charge is 0.378 e. The second-order valence-corrected chi connectivity index (χ2v) is 3.47. The van der Waals surface area contributed by atoms with Gasteiger partial charge in [0.2, 0.25) is 0 Å². The number of ketones is 1. The second-order valence-electron chi connectivity index (χ2n) is 3.47. The first-order valence-electron chi connectivity index (χ1n) is 4.85. The van der Waals surface area contributed by atoms with Crippen molar-refractivity contribution in [3.05, 3.63) is 29.8 Å². The van der Waals surface area contributed by atoms with Crippen LogP contribution in [0.4, 0.5) is 5.69 Å². The summed E-state index contributed by atoms with van der Waals surface area (Å²) in [6, 6.07) is 7.58. The number of carbonyl (C=O) groups is 1. The van der Waals surface area contributed by atoms with Gasteiger partial charge in [-0.25, -0.2) is 0 Å². The zero-order chi connectivity index (χ0) is 11.3. The molecule has 0 bridgehead atoms. The van der Waals surface area contributed by atoms with E-state index < -0.39 is 0 Å². The second kappa shape index (κ2) is 5.21.